The van der Waals surface area contributed by atoms with Crippen LogP contribution < -0.4 is 14.4 Å². The van der Waals surface area contributed by atoms with Gasteiger partial charge in [0.05, 0.1) is 6.61 Å². The lowest BCUT2D eigenvalue weighted by Gasteiger charge is -2.13. The van der Waals surface area contributed by atoms with Gasteiger partial charge in [-0.1, -0.05) is 12.1 Å². The van der Waals surface area contributed by atoms with E-state index in [1.54, 1.807) is 38.1 Å². The first kappa shape index (κ1) is 19.8. The van der Waals surface area contributed by atoms with Crippen LogP contribution in [0.4, 0.5) is 5.69 Å². The second-order valence-corrected chi connectivity index (χ2v) is 8.12. The number of amides is 1. The molecule has 3 rings (SSSR count). The average molecular weight is 402 g/mol. The zero-order chi connectivity index (χ0) is 20.5. The Morgan fingerprint density at radius 3 is 2.61 bits per heavy atom. The Bertz CT molecular complexity index is 1130. The van der Waals surface area contributed by atoms with E-state index in [4.69, 9.17) is 9.15 Å². The Kier molecular flexibility index (Phi) is 5.33. The first-order valence-electron chi connectivity index (χ1n) is 8.73. The second kappa shape index (κ2) is 7.55. The van der Waals surface area contributed by atoms with Gasteiger partial charge in [0.1, 0.15) is 16.2 Å². The number of fused-ring (bicyclic) bond motifs is 1. The molecule has 7 nitrogen and oxygen atoms in total. The maximum Gasteiger partial charge on any atom is 0.300 e. The summed E-state index contributed by atoms with van der Waals surface area (Å²) in [5, 5.41) is 0.707. The zero-order valence-electron chi connectivity index (χ0n) is 16.1. The smallest absolute Gasteiger partial charge is 0.300 e. The third kappa shape index (κ3) is 3.82. The number of nitrogens with zero attached hydrogens (tertiary/aromatic N) is 1. The summed E-state index contributed by atoms with van der Waals surface area (Å²) in [6.45, 7) is 3.71. The molecule has 1 N–H and O–H groups in total. The molecule has 1 amide bonds. The van der Waals surface area contributed by atoms with E-state index in [9.17, 15) is 13.2 Å². The second-order valence-electron chi connectivity index (χ2n) is 6.50. The summed E-state index contributed by atoms with van der Waals surface area (Å²) in [5.74, 6) is -0.725. The lowest BCUT2D eigenvalue weighted by atomic mass is 10.2. The number of benzene rings is 2. The van der Waals surface area contributed by atoms with E-state index in [1.165, 1.54) is 6.07 Å². The molecule has 0 aliphatic heterocycles. The van der Waals surface area contributed by atoms with Crippen LogP contribution in [-0.4, -0.2) is 35.0 Å². The number of ether oxygens (including phenoxy) is 1. The van der Waals surface area contributed by atoms with Gasteiger partial charge >= 0.3 is 5.91 Å². The molecule has 0 radical (unpaired) electrons. The third-order valence-corrected chi connectivity index (χ3v) is 5.73. The molecule has 0 saturated heterocycles. The molecular formula is C20H22N2O5S. The number of sulfonamides is 1. The number of carbonyl (C=O) groups is 1. The van der Waals surface area contributed by atoms with E-state index in [1.807, 2.05) is 31.1 Å². The lowest BCUT2D eigenvalue weighted by Crippen LogP contribution is -2.31. The van der Waals surface area contributed by atoms with Crippen LogP contribution in [0.5, 0.6) is 5.75 Å². The van der Waals surface area contributed by atoms with Gasteiger partial charge < -0.3 is 14.1 Å². The molecule has 0 atom stereocenters. The highest BCUT2D eigenvalue weighted by Crippen LogP contribution is 2.28. The van der Waals surface area contributed by atoms with Crippen LogP contribution in [0.3, 0.4) is 0 Å². The molecule has 0 spiro atoms. The standard InChI is InChI=1S/C20H22N2O5S/c1-5-26-16-8-6-7-13(2)19(16)28(24,25)21-20(23)18-11-14-9-10-15(22(3)4)12-17(14)27-18/h6-12H,5H2,1-4H3,(H,21,23). The summed E-state index contributed by atoms with van der Waals surface area (Å²) in [4.78, 5) is 14.4. The maximum atomic E-state index is 12.8. The van der Waals surface area contributed by atoms with Crippen molar-refractivity contribution in [2.75, 3.05) is 25.6 Å². The molecule has 3 aromatic rings. The number of carbonyl (C=O) groups excluding carboxylic acids is 1. The number of hydrogen-bond donors (Lipinski definition) is 1. The summed E-state index contributed by atoms with van der Waals surface area (Å²) in [6.07, 6.45) is 0. The van der Waals surface area contributed by atoms with Crippen molar-refractivity contribution in [1.82, 2.24) is 4.72 Å². The zero-order valence-corrected chi connectivity index (χ0v) is 17.0. The summed E-state index contributed by atoms with van der Waals surface area (Å²) >= 11 is 0. The molecule has 28 heavy (non-hydrogen) atoms. The van der Waals surface area contributed by atoms with Crippen LogP contribution in [0.1, 0.15) is 23.0 Å². The molecule has 0 saturated carbocycles. The monoisotopic (exact) mass is 402 g/mol. The number of rotatable bonds is 6. The van der Waals surface area contributed by atoms with Crippen molar-refractivity contribution >= 4 is 32.6 Å². The quantitative estimate of drug-likeness (QED) is 0.680. The van der Waals surface area contributed by atoms with Crippen LogP contribution in [-0.2, 0) is 10.0 Å². The van der Waals surface area contributed by atoms with Gasteiger partial charge in [-0.05, 0) is 43.7 Å². The number of aryl methyl sites for hydroxylation is 1. The molecule has 148 valence electrons. The molecule has 1 aromatic heterocycles. The van der Waals surface area contributed by atoms with Crippen LogP contribution in [0.25, 0.3) is 11.0 Å². The van der Waals surface area contributed by atoms with Crippen molar-refractivity contribution < 1.29 is 22.4 Å². The predicted molar refractivity (Wildman–Crippen MR) is 108 cm³/mol. The SMILES string of the molecule is CCOc1cccc(C)c1S(=O)(=O)NC(=O)c1cc2ccc(N(C)C)cc2o1. The van der Waals surface area contributed by atoms with E-state index in [-0.39, 0.29) is 16.4 Å². The predicted octanol–water partition coefficient (Wildman–Crippen LogP) is 3.32. The fourth-order valence-corrected chi connectivity index (χ4v) is 4.20. The van der Waals surface area contributed by atoms with Crippen molar-refractivity contribution in [3.05, 3.63) is 53.8 Å². The molecule has 0 aliphatic rings. The van der Waals surface area contributed by atoms with Gasteiger partial charge in [0, 0.05) is 31.2 Å². The molecule has 8 heteroatoms. The largest absolute Gasteiger partial charge is 0.492 e. The average Bonchev–Trinajstić information content (AvgIpc) is 3.04. The van der Waals surface area contributed by atoms with Crippen LogP contribution in [0.15, 0.2) is 51.8 Å². The summed E-state index contributed by atoms with van der Waals surface area (Å²) in [5.41, 5.74) is 1.88. The van der Waals surface area contributed by atoms with Gasteiger partial charge in [0.15, 0.2) is 5.76 Å². The molecule has 0 bridgehead atoms. The van der Waals surface area contributed by atoms with Crippen molar-refractivity contribution in [3.8, 4) is 5.75 Å². The van der Waals surface area contributed by atoms with Crippen LogP contribution in [0.2, 0.25) is 0 Å². The number of nitrogens with one attached hydrogen (secondary N) is 1. The van der Waals surface area contributed by atoms with E-state index >= 15 is 0 Å². The maximum absolute atomic E-state index is 12.8. The number of hydrogen-bond acceptors (Lipinski definition) is 6. The van der Waals surface area contributed by atoms with E-state index < -0.39 is 15.9 Å². The number of furan rings is 1. The van der Waals surface area contributed by atoms with Gasteiger partial charge in [-0.25, -0.2) is 13.1 Å². The van der Waals surface area contributed by atoms with Gasteiger partial charge in [-0.2, -0.15) is 0 Å². The molecular weight excluding hydrogens is 380 g/mol. The highest BCUT2D eigenvalue weighted by Gasteiger charge is 2.26. The fourth-order valence-electron chi connectivity index (χ4n) is 2.87. The fraction of sp³-hybridized carbons (Fsp3) is 0.250. The van der Waals surface area contributed by atoms with Crippen molar-refractivity contribution in [1.29, 1.82) is 0 Å². The van der Waals surface area contributed by atoms with Gasteiger partial charge in [-0.3, -0.25) is 4.79 Å². The number of anilines is 1. The topological polar surface area (TPSA) is 88.8 Å². The minimum atomic E-state index is -4.14. The third-order valence-electron chi connectivity index (χ3n) is 4.22. The Labute approximate surface area is 163 Å². The minimum absolute atomic E-state index is 0.0591. The van der Waals surface area contributed by atoms with Gasteiger partial charge in [0.25, 0.3) is 10.0 Å². The first-order valence-corrected chi connectivity index (χ1v) is 10.2. The Balaban J connectivity index is 1.93. The Hall–Kier alpha value is -3.00. The normalized spacial score (nSPS) is 11.4. The summed E-state index contributed by atoms with van der Waals surface area (Å²) in [6, 6.07) is 11.9. The van der Waals surface area contributed by atoms with Crippen LogP contribution >= 0.6 is 0 Å². The van der Waals surface area contributed by atoms with Crippen molar-refractivity contribution in [2.24, 2.45) is 0 Å². The summed E-state index contributed by atoms with van der Waals surface area (Å²) in [7, 11) is -0.360. The van der Waals surface area contributed by atoms with E-state index in [2.05, 4.69) is 4.72 Å². The van der Waals surface area contributed by atoms with Gasteiger partial charge in [0.2, 0.25) is 0 Å². The Morgan fingerprint density at radius 2 is 1.93 bits per heavy atom. The Morgan fingerprint density at radius 1 is 1.18 bits per heavy atom. The van der Waals surface area contributed by atoms with Crippen molar-refractivity contribution in [2.45, 2.75) is 18.7 Å². The molecule has 0 unspecified atom stereocenters. The molecule has 0 aliphatic carbocycles. The van der Waals surface area contributed by atoms with Crippen molar-refractivity contribution in [3.63, 3.8) is 0 Å². The molecule has 2 aromatic carbocycles. The summed E-state index contributed by atoms with van der Waals surface area (Å²) < 4.78 is 38.7. The van der Waals surface area contributed by atoms with E-state index in [0.717, 1.165) is 5.69 Å². The molecule has 1 heterocycles. The minimum Gasteiger partial charge on any atom is -0.492 e. The highest BCUT2D eigenvalue weighted by atomic mass is 32.2. The van der Waals surface area contributed by atoms with Crippen LogP contribution in [0, 0.1) is 6.92 Å². The first-order chi connectivity index (χ1) is 13.2. The van der Waals surface area contributed by atoms with Gasteiger partial charge in [-0.15, -0.1) is 0 Å². The lowest BCUT2D eigenvalue weighted by molar-refractivity contribution is 0.0956. The van der Waals surface area contributed by atoms with E-state index in [0.29, 0.717) is 23.1 Å². The molecule has 0 fully saturated rings. The highest BCUT2D eigenvalue weighted by molar-refractivity contribution is 7.90.